The van der Waals surface area contributed by atoms with Gasteiger partial charge >= 0.3 is 0 Å². The molecule has 1 aliphatic rings. The number of rotatable bonds is 3. The molecule has 3 rings (SSSR count). The van der Waals surface area contributed by atoms with Crippen molar-refractivity contribution in [1.82, 2.24) is 4.98 Å². The summed E-state index contributed by atoms with van der Waals surface area (Å²) in [5.41, 5.74) is 9.84. The Morgan fingerprint density at radius 1 is 1.15 bits per heavy atom. The predicted octanol–water partition coefficient (Wildman–Crippen LogP) is 2.95. The zero-order valence-electron chi connectivity index (χ0n) is 11.3. The van der Waals surface area contributed by atoms with E-state index in [2.05, 4.69) is 16.0 Å². The molecule has 1 fully saturated rings. The van der Waals surface area contributed by atoms with Crippen molar-refractivity contribution in [3.8, 4) is 11.3 Å². The fourth-order valence-electron chi connectivity index (χ4n) is 2.66. The van der Waals surface area contributed by atoms with Crippen molar-refractivity contribution in [2.24, 2.45) is 5.73 Å². The van der Waals surface area contributed by atoms with Gasteiger partial charge in [0.15, 0.2) is 0 Å². The second kappa shape index (κ2) is 5.59. The van der Waals surface area contributed by atoms with Gasteiger partial charge in [-0.1, -0.05) is 0 Å². The Balaban J connectivity index is 2.00. The molecule has 0 bridgehead atoms. The third-order valence-electron chi connectivity index (χ3n) is 3.77. The highest BCUT2D eigenvalue weighted by atomic mass is 19.1. The highest BCUT2D eigenvalue weighted by Gasteiger charge is 2.16. The SMILES string of the molecule is NCc1cnc(-c2ccc(F)cc2)cc1N1CCCC1. The Labute approximate surface area is 118 Å². The molecule has 1 aromatic heterocycles. The smallest absolute Gasteiger partial charge is 0.123 e. The van der Waals surface area contributed by atoms with Crippen LogP contribution in [0, 0.1) is 5.82 Å². The van der Waals surface area contributed by atoms with Crippen molar-refractivity contribution >= 4 is 5.69 Å². The van der Waals surface area contributed by atoms with Crippen LogP contribution in [0.1, 0.15) is 18.4 Å². The molecule has 0 saturated carbocycles. The molecule has 20 heavy (non-hydrogen) atoms. The first-order valence-corrected chi connectivity index (χ1v) is 6.98. The van der Waals surface area contributed by atoms with Gasteiger partial charge in [0.1, 0.15) is 5.82 Å². The topological polar surface area (TPSA) is 42.1 Å². The van der Waals surface area contributed by atoms with Gasteiger partial charge in [-0.2, -0.15) is 0 Å². The number of nitrogens with two attached hydrogens (primary N) is 1. The molecule has 0 amide bonds. The van der Waals surface area contributed by atoms with Crippen LogP contribution in [-0.2, 0) is 6.54 Å². The van der Waals surface area contributed by atoms with E-state index in [9.17, 15) is 4.39 Å². The van der Waals surface area contributed by atoms with Crippen LogP contribution in [0.3, 0.4) is 0 Å². The second-order valence-electron chi connectivity index (χ2n) is 5.10. The largest absolute Gasteiger partial charge is 0.371 e. The van der Waals surface area contributed by atoms with E-state index in [0.717, 1.165) is 29.9 Å². The first-order chi connectivity index (χ1) is 9.78. The molecule has 2 heterocycles. The van der Waals surface area contributed by atoms with E-state index < -0.39 is 0 Å². The third kappa shape index (κ3) is 2.51. The monoisotopic (exact) mass is 271 g/mol. The summed E-state index contributed by atoms with van der Waals surface area (Å²) in [6, 6.07) is 8.51. The van der Waals surface area contributed by atoms with Crippen molar-refractivity contribution in [3.63, 3.8) is 0 Å². The molecule has 0 aliphatic carbocycles. The summed E-state index contributed by atoms with van der Waals surface area (Å²) in [5.74, 6) is -0.230. The standard InChI is InChI=1S/C16H18FN3/c17-14-5-3-12(4-6-14)15-9-16(13(10-18)11-19-15)20-7-1-2-8-20/h3-6,9,11H,1-2,7-8,10,18H2. The first-order valence-electron chi connectivity index (χ1n) is 6.98. The van der Waals surface area contributed by atoms with Crippen molar-refractivity contribution in [1.29, 1.82) is 0 Å². The minimum atomic E-state index is -0.230. The third-order valence-corrected chi connectivity index (χ3v) is 3.77. The van der Waals surface area contributed by atoms with E-state index >= 15 is 0 Å². The van der Waals surface area contributed by atoms with Gasteiger partial charge in [0.05, 0.1) is 5.69 Å². The number of nitrogens with zero attached hydrogens (tertiary/aromatic N) is 2. The number of anilines is 1. The first kappa shape index (κ1) is 13.1. The molecule has 1 aromatic carbocycles. The Kier molecular flexibility index (Phi) is 3.65. The quantitative estimate of drug-likeness (QED) is 0.933. The molecule has 1 aliphatic heterocycles. The van der Waals surface area contributed by atoms with Gasteiger partial charge in [0.2, 0.25) is 0 Å². The van der Waals surface area contributed by atoms with E-state index in [0.29, 0.717) is 6.54 Å². The fraction of sp³-hybridized carbons (Fsp3) is 0.312. The van der Waals surface area contributed by atoms with E-state index in [4.69, 9.17) is 5.73 Å². The number of hydrogen-bond acceptors (Lipinski definition) is 3. The maximum Gasteiger partial charge on any atom is 0.123 e. The molecule has 104 valence electrons. The van der Waals surface area contributed by atoms with Crippen LogP contribution in [-0.4, -0.2) is 18.1 Å². The van der Waals surface area contributed by atoms with Gasteiger partial charge in [-0.05, 0) is 43.2 Å². The van der Waals surface area contributed by atoms with Crippen LogP contribution in [0.2, 0.25) is 0 Å². The predicted molar refractivity (Wildman–Crippen MR) is 79.0 cm³/mol. The maximum atomic E-state index is 13.0. The van der Waals surface area contributed by atoms with Gasteiger partial charge in [-0.15, -0.1) is 0 Å². The minimum Gasteiger partial charge on any atom is -0.371 e. The number of hydrogen-bond donors (Lipinski definition) is 1. The number of benzene rings is 1. The average Bonchev–Trinajstić information content (AvgIpc) is 3.01. The summed E-state index contributed by atoms with van der Waals surface area (Å²) in [5, 5.41) is 0. The van der Waals surface area contributed by atoms with E-state index in [1.54, 1.807) is 12.1 Å². The average molecular weight is 271 g/mol. The number of pyridine rings is 1. The molecule has 0 unspecified atom stereocenters. The lowest BCUT2D eigenvalue weighted by atomic mass is 10.1. The molecule has 4 heteroatoms. The summed E-state index contributed by atoms with van der Waals surface area (Å²) in [6.45, 7) is 2.63. The Hall–Kier alpha value is -1.94. The van der Waals surface area contributed by atoms with Crippen molar-refractivity contribution in [2.75, 3.05) is 18.0 Å². The van der Waals surface area contributed by atoms with Gasteiger partial charge in [-0.3, -0.25) is 4.98 Å². The molecular weight excluding hydrogens is 253 g/mol. The summed E-state index contributed by atoms with van der Waals surface area (Å²) in [4.78, 5) is 6.81. The molecule has 0 spiro atoms. The van der Waals surface area contributed by atoms with E-state index in [1.165, 1.54) is 30.7 Å². The van der Waals surface area contributed by atoms with Crippen LogP contribution >= 0.6 is 0 Å². The minimum absolute atomic E-state index is 0.230. The zero-order chi connectivity index (χ0) is 13.9. The Morgan fingerprint density at radius 2 is 1.85 bits per heavy atom. The maximum absolute atomic E-state index is 13.0. The van der Waals surface area contributed by atoms with Crippen molar-refractivity contribution in [2.45, 2.75) is 19.4 Å². The van der Waals surface area contributed by atoms with E-state index in [1.807, 2.05) is 6.20 Å². The van der Waals surface area contributed by atoms with Gasteiger partial charge in [0.25, 0.3) is 0 Å². The lowest BCUT2D eigenvalue weighted by molar-refractivity contribution is 0.628. The summed E-state index contributed by atoms with van der Waals surface area (Å²) >= 11 is 0. The lowest BCUT2D eigenvalue weighted by Gasteiger charge is -2.21. The zero-order valence-corrected chi connectivity index (χ0v) is 11.3. The van der Waals surface area contributed by atoms with Gasteiger partial charge < -0.3 is 10.6 Å². The van der Waals surface area contributed by atoms with Crippen molar-refractivity contribution < 1.29 is 4.39 Å². The number of halogens is 1. The van der Waals surface area contributed by atoms with Gasteiger partial charge in [-0.25, -0.2) is 4.39 Å². The normalized spacial score (nSPS) is 14.8. The molecule has 0 atom stereocenters. The lowest BCUT2D eigenvalue weighted by Crippen LogP contribution is -2.20. The highest BCUT2D eigenvalue weighted by molar-refractivity contribution is 5.67. The molecule has 1 saturated heterocycles. The Bertz CT molecular complexity index is 589. The van der Waals surface area contributed by atoms with Crippen molar-refractivity contribution in [3.05, 3.63) is 47.9 Å². The summed E-state index contributed by atoms with van der Waals surface area (Å²) in [7, 11) is 0. The second-order valence-corrected chi connectivity index (χ2v) is 5.10. The van der Waals surface area contributed by atoms with Crippen LogP contribution < -0.4 is 10.6 Å². The molecule has 2 aromatic rings. The molecular formula is C16H18FN3. The van der Waals surface area contributed by atoms with Gasteiger partial charge in [0, 0.05) is 42.6 Å². The number of aromatic nitrogens is 1. The summed E-state index contributed by atoms with van der Waals surface area (Å²) < 4.78 is 13.0. The fourth-order valence-corrected chi connectivity index (χ4v) is 2.66. The molecule has 2 N–H and O–H groups in total. The van der Waals surface area contributed by atoms with Crippen LogP contribution in [0.4, 0.5) is 10.1 Å². The molecule has 0 radical (unpaired) electrons. The Morgan fingerprint density at radius 3 is 2.50 bits per heavy atom. The van der Waals surface area contributed by atoms with Crippen LogP contribution in [0.15, 0.2) is 36.5 Å². The van der Waals surface area contributed by atoms with Crippen LogP contribution in [0.5, 0.6) is 0 Å². The van der Waals surface area contributed by atoms with E-state index in [-0.39, 0.29) is 5.82 Å². The summed E-state index contributed by atoms with van der Waals surface area (Å²) in [6.07, 6.45) is 4.28. The highest BCUT2D eigenvalue weighted by Crippen LogP contribution is 2.28. The van der Waals surface area contributed by atoms with Crippen LogP contribution in [0.25, 0.3) is 11.3 Å². The molecule has 3 nitrogen and oxygen atoms in total.